The van der Waals surface area contributed by atoms with Crippen LogP contribution in [0, 0.1) is 0 Å². The van der Waals surface area contributed by atoms with E-state index in [0.717, 1.165) is 34.6 Å². The van der Waals surface area contributed by atoms with Crippen LogP contribution in [0.2, 0.25) is 0 Å². The van der Waals surface area contributed by atoms with Gasteiger partial charge in [-0.15, -0.1) is 11.3 Å². The van der Waals surface area contributed by atoms with E-state index in [-0.39, 0.29) is 5.78 Å². The van der Waals surface area contributed by atoms with E-state index in [1.54, 1.807) is 11.3 Å². The van der Waals surface area contributed by atoms with Gasteiger partial charge in [0.1, 0.15) is 5.82 Å². The number of carbonyl (C=O) groups excluding carboxylic acids is 1. The van der Waals surface area contributed by atoms with E-state index in [9.17, 15) is 4.79 Å². The Morgan fingerprint density at radius 1 is 1.33 bits per heavy atom. The molecule has 0 unspecified atom stereocenters. The van der Waals surface area contributed by atoms with Crippen LogP contribution in [-0.4, -0.2) is 15.3 Å². The number of hydrogen-bond acceptors (Lipinski definition) is 3. The number of ketones is 1. The highest BCUT2D eigenvalue weighted by Crippen LogP contribution is 2.31. The third-order valence-corrected chi connectivity index (χ3v) is 5.50. The van der Waals surface area contributed by atoms with Crippen LogP contribution >= 0.6 is 11.3 Å². The third-order valence-electron chi connectivity index (χ3n) is 4.22. The van der Waals surface area contributed by atoms with Crippen LogP contribution in [0.15, 0.2) is 30.3 Å². The number of aryl methyl sites for hydroxylation is 3. The topological polar surface area (TPSA) is 34.9 Å². The van der Waals surface area contributed by atoms with E-state index in [4.69, 9.17) is 0 Å². The minimum Gasteiger partial charge on any atom is -0.331 e. The molecule has 0 bridgehead atoms. The second-order valence-electron chi connectivity index (χ2n) is 5.59. The molecule has 3 nitrogen and oxygen atoms in total. The van der Waals surface area contributed by atoms with Crippen LogP contribution in [0.1, 0.15) is 32.4 Å². The molecule has 0 amide bonds. The van der Waals surface area contributed by atoms with Crippen molar-refractivity contribution in [1.29, 1.82) is 0 Å². The molecule has 3 aromatic rings. The summed E-state index contributed by atoms with van der Waals surface area (Å²) in [6.07, 6.45) is 3.88. The first-order valence-corrected chi connectivity index (χ1v) is 8.09. The number of thiophene rings is 1. The van der Waals surface area contributed by atoms with Gasteiger partial charge in [0.05, 0.1) is 22.3 Å². The molecule has 1 aliphatic carbocycles. The van der Waals surface area contributed by atoms with Gasteiger partial charge in [0.2, 0.25) is 0 Å². The molecule has 0 aliphatic heterocycles. The first kappa shape index (κ1) is 12.8. The van der Waals surface area contributed by atoms with Crippen molar-refractivity contribution in [2.75, 3.05) is 0 Å². The maximum atomic E-state index is 12.5. The molecule has 4 heteroatoms. The molecule has 2 aromatic heterocycles. The summed E-state index contributed by atoms with van der Waals surface area (Å²) < 4.78 is 2.02. The van der Waals surface area contributed by atoms with Crippen molar-refractivity contribution in [3.63, 3.8) is 0 Å². The van der Waals surface area contributed by atoms with Crippen molar-refractivity contribution in [2.45, 2.75) is 25.7 Å². The first-order chi connectivity index (χ1) is 10.2. The lowest BCUT2D eigenvalue weighted by Gasteiger charge is -2.01. The summed E-state index contributed by atoms with van der Waals surface area (Å²) in [5, 5.41) is 0. The van der Waals surface area contributed by atoms with Crippen LogP contribution in [0.3, 0.4) is 0 Å². The Morgan fingerprint density at radius 2 is 2.19 bits per heavy atom. The quantitative estimate of drug-likeness (QED) is 0.693. The van der Waals surface area contributed by atoms with Gasteiger partial charge in [-0.25, -0.2) is 4.98 Å². The number of para-hydroxylation sites is 2. The molecule has 1 aliphatic rings. The second kappa shape index (κ2) is 4.81. The summed E-state index contributed by atoms with van der Waals surface area (Å²) in [5.74, 6) is 1.03. The SMILES string of the molecule is Cn1c(CC(=O)c2cc3c(s2)CCC3)nc2ccccc21. The zero-order chi connectivity index (χ0) is 14.4. The normalized spacial score (nSPS) is 13.8. The largest absolute Gasteiger partial charge is 0.331 e. The smallest absolute Gasteiger partial charge is 0.180 e. The van der Waals surface area contributed by atoms with E-state index >= 15 is 0 Å². The Morgan fingerprint density at radius 3 is 3.00 bits per heavy atom. The second-order valence-corrected chi connectivity index (χ2v) is 6.73. The number of carbonyl (C=O) groups is 1. The summed E-state index contributed by atoms with van der Waals surface area (Å²) in [5.41, 5.74) is 3.42. The van der Waals surface area contributed by atoms with Gasteiger partial charge in [-0.1, -0.05) is 12.1 Å². The maximum absolute atomic E-state index is 12.5. The lowest BCUT2D eigenvalue weighted by molar-refractivity contribution is 0.0994. The van der Waals surface area contributed by atoms with Gasteiger partial charge < -0.3 is 4.57 Å². The minimum atomic E-state index is 0.188. The monoisotopic (exact) mass is 296 g/mol. The Hall–Kier alpha value is -1.94. The van der Waals surface area contributed by atoms with E-state index in [1.165, 1.54) is 16.9 Å². The number of aromatic nitrogens is 2. The predicted molar refractivity (Wildman–Crippen MR) is 85.1 cm³/mol. The Kier molecular flexibility index (Phi) is 2.93. The molecule has 0 saturated heterocycles. The fourth-order valence-corrected chi connectivity index (χ4v) is 4.24. The van der Waals surface area contributed by atoms with Crippen molar-refractivity contribution in [3.05, 3.63) is 51.5 Å². The van der Waals surface area contributed by atoms with Gasteiger partial charge >= 0.3 is 0 Å². The molecule has 0 atom stereocenters. The number of nitrogens with zero attached hydrogens (tertiary/aromatic N) is 2. The van der Waals surface area contributed by atoms with Crippen molar-refractivity contribution in [1.82, 2.24) is 9.55 Å². The average Bonchev–Trinajstić information content (AvgIpc) is 3.13. The van der Waals surface area contributed by atoms with E-state index in [1.807, 2.05) is 35.9 Å². The zero-order valence-electron chi connectivity index (χ0n) is 11.9. The standard InChI is InChI=1S/C17H16N2OS/c1-19-13-7-3-2-6-12(13)18-17(19)10-14(20)16-9-11-5-4-8-15(11)21-16/h2-3,6-7,9H,4-5,8,10H2,1H3. The molecule has 21 heavy (non-hydrogen) atoms. The fourth-order valence-electron chi connectivity index (χ4n) is 3.05. The van der Waals surface area contributed by atoms with Crippen molar-refractivity contribution >= 4 is 28.2 Å². The highest BCUT2D eigenvalue weighted by atomic mass is 32.1. The molecule has 0 radical (unpaired) electrons. The van der Waals surface area contributed by atoms with E-state index in [0.29, 0.717) is 6.42 Å². The van der Waals surface area contributed by atoms with E-state index < -0.39 is 0 Å². The molecular weight excluding hydrogens is 280 g/mol. The maximum Gasteiger partial charge on any atom is 0.180 e. The fraction of sp³-hybridized carbons (Fsp3) is 0.294. The lowest BCUT2D eigenvalue weighted by Crippen LogP contribution is -2.07. The van der Waals surface area contributed by atoms with Gasteiger partial charge in [0.15, 0.2) is 5.78 Å². The number of imidazole rings is 1. The summed E-state index contributed by atoms with van der Waals surface area (Å²) in [4.78, 5) is 19.4. The van der Waals surface area contributed by atoms with Crippen LogP contribution in [0.4, 0.5) is 0 Å². The Labute approximate surface area is 127 Å². The highest BCUT2D eigenvalue weighted by molar-refractivity contribution is 7.14. The molecule has 4 rings (SSSR count). The summed E-state index contributed by atoms with van der Waals surface area (Å²) in [6.45, 7) is 0. The number of hydrogen-bond donors (Lipinski definition) is 0. The zero-order valence-corrected chi connectivity index (χ0v) is 12.7. The molecule has 0 fully saturated rings. The average molecular weight is 296 g/mol. The Balaban J connectivity index is 1.64. The van der Waals surface area contributed by atoms with Gasteiger partial charge in [0.25, 0.3) is 0 Å². The first-order valence-electron chi connectivity index (χ1n) is 7.27. The molecular formula is C17H16N2OS. The van der Waals surface area contributed by atoms with Crippen LogP contribution < -0.4 is 0 Å². The minimum absolute atomic E-state index is 0.188. The number of benzene rings is 1. The van der Waals surface area contributed by atoms with Gasteiger partial charge in [-0.05, 0) is 43.0 Å². The van der Waals surface area contributed by atoms with Crippen LogP contribution in [0.25, 0.3) is 11.0 Å². The summed E-state index contributed by atoms with van der Waals surface area (Å²) >= 11 is 1.68. The third kappa shape index (κ3) is 2.10. The Bertz CT molecular complexity index is 822. The predicted octanol–water partition coefficient (Wildman–Crippen LogP) is 3.55. The van der Waals surface area contributed by atoms with Crippen LogP contribution in [-0.2, 0) is 26.3 Å². The van der Waals surface area contributed by atoms with Crippen LogP contribution in [0.5, 0.6) is 0 Å². The highest BCUT2D eigenvalue weighted by Gasteiger charge is 2.20. The number of rotatable bonds is 3. The van der Waals surface area contributed by atoms with Crippen molar-refractivity contribution < 1.29 is 4.79 Å². The van der Waals surface area contributed by atoms with E-state index in [2.05, 4.69) is 11.1 Å². The number of Topliss-reactive ketones (excluding diaryl/α,β-unsaturated/α-hetero) is 1. The molecule has 0 saturated carbocycles. The number of fused-ring (bicyclic) bond motifs is 2. The van der Waals surface area contributed by atoms with Gasteiger partial charge in [-0.2, -0.15) is 0 Å². The lowest BCUT2D eigenvalue weighted by atomic mass is 10.2. The molecule has 106 valence electrons. The molecule has 1 aromatic carbocycles. The summed E-state index contributed by atoms with van der Waals surface area (Å²) in [7, 11) is 1.98. The van der Waals surface area contributed by atoms with Gasteiger partial charge in [-0.3, -0.25) is 4.79 Å². The van der Waals surface area contributed by atoms with Crippen molar-refractivity contribution in [3.8, 4) is 0 Å². The molecule has 0 spiro atoms. The molecule has 2 heterocycles. The van der Waals surface area contributed by atoms with Gasteiger partial charge in [0, 0.05) is 11.9 Å². The summed E-state index contributed by atoms with van der Waals surface area (Å²) in [6, 6.07) is 10.1. The van der Waals surface area contributed by atoms with Crippen molar-refractivity contribution in [2.24, 2.45) is 7.05 Å². The molecule has 0 N–H and O–H groups in total.